The van der Waals surface area contributed by atoms with Gasteiger partial charge in [-0.15, -0.1) is 23.6 Å². The smallest absolute Gasteiger partial charge is 0.135 e. The fraction of sp³-hybridized carbons (Fsp3) is 0.0625. The van der Waals surface area contributed by atoms with Gasteiger partial charge in [-0.1, -0.05) is 177 Å². The topological polar surface area (TPSA) is 40.1 Å². The zero-order valence-corrected chi connectivity index (χ0v) is 41.6. The number of hydrogen-bond donors (Lipinski definition) is 0. The molecule has 71 heavy (non-hydrogen) atoms. The van der Waals surface area contributed by atoms with Gasteiger partial charge < -0.3 is 23.3 Å². The van der Waals surface area contributed by atoms with Crippen molar-refractivity contribution in [2.75, 3.05) is 4.90 Å². The monoisotopic (exact) mass is 1100 g/mol. The summed E-state index contributed by atoms with van der Waals surface area (Å²) in [6.45, 7) is 8.94. The molecular formula is C64H46N5OPt-3. The summed E-state index contributed by atoms with van der Waals surface area (Å²) in [5.41, 5.74) is 14.7. The van der Waals surface area contributed by atoms with E-state index in [1.807, 2.05) is 18.3 Å². The van der Waals surface area contributed by atoms with Crippen LogP contribution in [0, 0.1) is 18.8 Å². The van der Waals surface area contributed by atoms with Gasteiger partial charge in [-0.2, -0.15) is 23.7 Å². The van der Waals surface area contributed by atoms with Crippen molar-refractivity contribution in [3.8, 4) is 45.3 Å². The number of rotatable bonds is 7. The Bertz CT molecular complexity index is 4000. The van der Waals surface area contributed by atoms with Crippen molar-refractivity contribution >= 4 is 66.0 Å². The van der Waals surface area contributed by atoms with Gasteiger partial charge in [-0.05, 0) is 92.9 Å². The van der Waals surface area contributed by atoms with Crippen LogP contribution in [0.4, 0.5) is 11.4 Å². The Morgan fingerprint density at radius 2 is 1.06 bits per heavy atom. The molecule has 13 rings (SSSR count). The average Bonchev–Trinajstić information content (AvgIpc) is 3.95. The van der Waals surface area contributed by atoms with Crippen LogP contribution in [0.15, 0.2) is 219 Å². The Morgan fingerprint density at radius 3 is 1.73 bits per heavy atom. The van der Waals surface area contributed by atoms with Crippen LogP contribution in [0.25, 0.3) is 88.4 Å². The van der Waals surface area contributed by atoms with Gasteiger partial charge in [-0.3, -0.25) is 0 Å². The maximum atomic E-state index is 6.95. The van der Waals surface area contributed by atoms with E-state index >= 15 is 0 Å². The Balaban J connectivity index is 0.00000517. The van der Waals surface area contributed by atoms with Crippen molar-refractivity contribution in [2.24, 2.45) is 0 Å². The molecule has 346 valence electrons. The third kappa shape index (κ3) is 7.46. The van der Waals surface area contributed by atoms with Crippen LogP contribution < -0.4 is 9.64 Å². The summed E-state index contributed by atoms with van der Waals surface area (Å²) in [7, 11) is 0. The number of hydrogen-bond acceptors (Lipinski definition) is 3. The molecule has 6 nitrogen and oxygen atoms in total. The van der Waals surface area contributed by atoms with E-state index in [2.05, 4.69) is 258 Å². The van der Waals surface area contributed by atoms with Gasteiger partial charge in [0.05, 0.1) is 5.69 Å². The van der Waals surface area contributed by atoms with Gasteiger partial charge in [0.25, 0.3) is 0 Å². The second kappa shape index (κ2) is 17.6. The molecule has 9 aromatic carbocycles. The van der Waals surface area contributed by atoms with Gasteiger partial charge in [0.2, 0.25) is 0 Å². The van der Waals surface area contributed by atoms with Crippen LogP contribution >= 0.6 is 0 Å². The normalized spacial score (nSPS) is 12.1. The van der Waals surface area contributed by atoms with E-state index in [1.54, 1.807) is 0 Å². The second-order valence-electron chi connectivity index (χ2n) is 18.9. The molecule has 0 bridgehead atoms. The maximum absolute atomic E-state index is 6.95. The number of para-hydroxylation sites is 5. The molecule has 0 unspecified atom stereocenters. The van der Waals surface area contributed by atoms with Crippen molar-refractivity contribution < 1.29 is 25.8 Å². The Morgan fingerprint density at radius 1 is 0.493 bits per heavy atom. The van der Waals surface area contributed by atoms with E-state index in [-0.39, 0.29) is 26.5 Å². The minimum absolute atomic E-state index is 0. The zero-order valence-electron chi connectivity index (χ0n) is 39.3. The van der Waals surface area contributed by atoms with Gasteiger partial charge in [0.1, 0.15) is 5.82 Å². The summed E-state index contributed by atoms with van der Waals surface area (Å²) in [4.78, 5) is 7.29. The molecule has 4 heterocycles. The Hall–Kier alpha value is -8.31. The number of fused-ring (bicyclic) bond motifs is 7. The molecular weight excluding hydrogens is 1050 g/mol. The van der Waals surface area contributed by atoms with Crippen LogP contribution in [0.5, 0.6) is 11.5 Å². The SMILES string of the molecule is CC(C)(C)c1ccnc(-n2c3[c-]c(Oc4[c-]c5c(cc4)n(-c4ccccc4)c4ccccc4c4cccc6c4n5[CH-]N6c4c(-c5ccccc5)cccc4-c4ccccc4)ccc3c3ccccc32)c1.[Pt]. The average molecular weight is 1100 g/mol. The molecule has 12 aromatic rings. The quantitative estimate of drug-likeness (QED) is 0.149. The molecule has 0 atom stereocenters. The standard InChI is InChI=1S/C64H46N5O.Pt/c1-64(2,3)45-37-38-65-61(39-45)69-56-31-16-13-25-51(56)53-35-33-47(40-59(53)69)70-48-34-36-57-60(41-48)67-42-66(62-49(43-19-7-4-8-20-43)27-17-28-50(62)44-21-9-5-10-22-44)58-32-18-29-54(63(58)67)52-26-14-15-30-55(52)68(57)46-23-11-6-12-24-46;/h4-39,42H,1-3H3;/q-3;. The molecule has 1 aliphatic heterocycles. The molecule has 0 saturated carbocycles. The summed E-state index contributed by atoms with van der Waals surface area (Å²) >= 11 is 0. The van der Waals surface area contributed by atoms with Crippen molar-refractivity contribution in [2.45, 2.75) is 26.2 Å². The molecule has 0 N–H and O–H groups in total. The van der Waals surface area contributed by atoms with Gasteiger partial charge in [-0.25, -0.2) is 4.98 Å². The Labute approximate surface area is 427 Å². The fourth-order valence-electron chi connectivity index (χ4n) is 10.3. The minimum Gasteiger partial charge on any atom is -0.510 e. The minimum atomic E-state index is -0.0483. The van der Waals surface area contributed by atoms with Crippen LogP contribution in [-0.4, -0.2) is 18.7 Å². The molecule has 0 aliphatic carbocycles. The number of ether oxygens (including phenoxy) is 1. The largest absolute Gasteiger partial charge is 0.510 e. The molecule has 0 spiro atoms. The van der Waals surface area contributed by atoms with Crippen LogP contribution in [-0.2, 0) is 26.5 Å². The van der Waals surface area contributed by atoms with E-state index in [1.165, 1.54) is 5.56 Å². The maximum Gasteiger partial charge on any atom is 0.135 e. The molecule has 7 heteroatoms. The van der Waals surface area contributed by atoms with Crippen LogP contribution in [0.2, 0.25) is 0 Å². The summed E-state index contributed by atoms with van der Waals surface area (Å²) in [6, 6.07) is 82.7. The number of aromatic nitrogens is 4. The van der Waals surface area contributed by atoms with Gasteiger partial charge in [0.15, 0.2) is 0 Å². The molecule has 0 saturated heterocycles. The Kier molecular flexibility index (Phi) is 10.9. The number of benzene rings is 9. The van der Waals surface area contributed by atoms with E-state index in [4.69, 9.17) is 9.72 Å². The van der Waals surface area contributed by atoms with Crippen molar-refractivity contribution in [3.05, 3.63) is 243 Å². The summed E-state index contributed by atoms with van der Waals surface area (Å²) in [5, 5.41) is 4.43. The first kappa shape index (κ1) is 43.9. The van der Waals surface area contributed by atoms with Crippen molar-refractivity contribution in [1.82, 2.24) is 18.7 Å². The van der Waals surface area contributed by atoms with Gasteiger partial charge in [0, 0.05) is 72.3 Å². The van der Waals surface area contributed by atoms with Crippen molar-refractivity contribution in [1.29, 1.82) is 0 Å². The predicted octanol–water partition coefficient (Wildman–Crippen LogP) is 16.5. The molecule has 0 fully saturated rings. The molecule has 3 aromatic heterocycles. The third-order valence-corrected chi connectivity index (χ3v) is 13.6. The van der Waals surface area contributed by atoms with E-state index in [9.17, 15) is 0 Å². The van der Waals surface area contributed by atoms with Gasteiger partial charge >= 0.3 is 0 Å². The van der Waals surface area contributed by atoms with Crippen LogP contribution in [0.3, 0.4) is 0 Å². The molecule has 0 amide bonds. The van der Waals surface area contributed by atoms with Crippen molar-refractivity contribution in [3.63, 3.8) is 0 Å². The molecule has 0 radical (unpaired) electrons. The fourth-order valence-corrected chi connectivity index (χ4v) is 10.3. The molecule has 1 aliphatic rings. The zero-order chi connectivity index (χ0) is 46.9. The summed E-state index contributed by atoms with van der Waals surface area (Å²) in [5.74, 6) is 1.98. The first-order valence-corrected chi connectivity index (χ1v) is 23.8. The number of pyridine rings is 1. The first-order chi connectivity index (χ1) is 34.4. The first-order valence-electron chi connectivity index (χ1n) is 23.8. The van der Waals surface area contributed by atoms with Crippen LogP contribution in [0.1, 0.15) is 26.3 Å². The van der Waals surface area contributed by atoms with E-state index < -0.39 is 0 Å². The second-order valence-corrected chi connectivity index (χ2v) is 18.9. The number of nitrogens with zero attached hydrogens (tertiary/aromatic N) is 5. The number of anilines is 2. The third-order valence-electron chi connectivity index (χ3n) is 13.6. The summed E-state index contributed by atoms with van der Waals surface area (Å²) < 4.78 is 13.8. The predicted molar refractivity (Wildman–Crippen MR) is 288 cm³/mol. The summed E-state index contributed by atoms with van der Waals surface area (Å²) in [6.07, 6.45) is 1.91. The van der Waals surface area contributed by atoms with E-state index in [0.717, 1.165) is 99.8 Å². The van der Waals surface area contributed by atoms with E-state index in [0.29, 0.717) is 11.5 Å².